The summed E-state index contributed by atoms with van der Waals surface area (Å²) in [5.41, 5.74) is 5.85. The van der Waals surface area contributed by atoms with E-state index in [1.165, 1.54) is 6.07 Å². The fourth-order valence-electron chi connectivity index (χ4n) is 1.88. The third kappa shape index (κ3) is 2.99. The van der Waals surface area contributed by atoms with Crippen LogP contribution in [0.2, 0.25) is 5.02 Å². The highest BCUT2D eigenvalue weighted by Gasteiger charge is 2.26. The Balaban J connectivity index is 2.31. The van der Waals surface area contributed by atoms with Crippen molar-refractivity contribution in [1.29, 1.82) is 0 Å². The largest absolute Gasteiger partial charge is 0.483 e. The molecule has 0 aliphatic rings. The van der Waals surface area contributed by atoms with Gasteiger partial charge in [0.2, 0.25) is 0 Å². The van der Waals surface area contributed by atoms with E-state index < -0.39 is 5.60 Å². The molecular weight excluding hydrogens is 265 g/mol. The third-order valence-electron chi connectivity index (χ3n) is 2.86. The van der Waals surface area contributed by atoms with Crippen LogP contribution >= 0.6 is 11.6 Å². The van der Waals surface area contributed by atoms with E-state index in [0.29, 0.717) is 22.0 Å². The molecule has 2 rings (SSSR count). The first-order chi connectivity index (χ1) is 8.90. The molecule has 19 heavy (non-hydrogen) atoms. The number of ether oxygens (including phenoxy) is 1. The van der Waals surface area contributed by atoms with E-state index in [2.05, 4.69) is 0 Å². The zero-order valence-electron chi connectivity index (χ0n) is 10.8. The molecular formula is C15H15ClFNO. The fourth-order valence-corrected chi connectivity index (χ4v) is 2.00. The van der Waals surface area contributed by atoms with Gasteiger partial charge in [-0.25, -0.2) is 4.39 Å². The summed E-state index contributed by atoms with van der Waals surface area (Å²) < 4.78 is 19.6. The smallest absolute Gasteiger partial charge is 0.131 e. The van der Waals surface area contributed by atoms with Crippen molar-refractivity contribution >= 4 is 17.3 Å². The van der Waals surface area contributed by atoms with E-state index >= 15 is 0 Å². The van der Waals surface area contributed by atoms with Crippen LogP contribution in [0.3, 0.4) is 0 Å². The minimum atomic E-state index is -0.800. The number of hydrogen-bond acceptors (Lipinski definition) is 2. The highest BCUT2D eigenvalue weighted by atomic mass is 35.5. The van der Waals surface area contributed by atoms with Crippen molar-refractivity contribution < 1.29 is 9.13 Å². The minimum absolute atomic E-state index is 0.297. The maximum absolute atomic E-state index is 13.8. The Kier molecular flexibility index (Phi) is 3.67. The van der Waals surface area contributed by atoms with Crippen LogP contribution in [0.4, 0.5) is 10.1 Å². The number of nitrogen functional groups attached to an aromatic ring is 1. The standard InChI is InChI=1S/C15H15ClFNO/c1-15(2,11-5-3-4-6-13(11)17)19-10-7-8-12(16)14(18)9-10/h3-9H,18H2,1-2H3. The van der Waals surface area contributed by atoms with Crippen molar-refractivity contribution in [1.82, 2.24) is 0 Å². The SMILES string of the molecule is CC(C)(Oc1ccc(Cl)c(N)c1)c1ccccc1F. The molecule has 0 amide bonds. The van der Waals surface area contributed by atoms with Crippen LogP contribution in [-0.2, 0) is 5.60 Å². The average molecular weight is 280 g/mol. The highest BCUT2D eigenvalue weighted by molar-refractivity contribution is 6.33. The number of anilines is 1. The lowest BCUT2D eigenvalue weighted by Crippen LogP contribution is -2.26. The van der Waals surface area contributed by atoms with Crippen LogP contribution in [0.15, 0.2) is 42.5 Å². The molecule has 0 saturated heterocycles. The third-order valence-corrected chi connectivity index (χ3v) is 3.21. The van der Waals surface area contributed by atoms with Crippen LogP contribution in [0.5, 0.6) is 5.75 Å². The van der Waals surface area contributed by atoms with Gasteiger partial charge in [0, 0.05) is 11.6 Å². The van der Waals surface area contributed by atoms with Gasteiger partial charge in [-0.1, -0.05) is 29.8 Å². The van der Waals surface area contributed by atoms with E-state index in [1.807, 2.05) is 0 Å². The van der Waals surface area contributed by atoms with Gasteiger partial charge in [-0.05, 0) is 32.0 Å². The van der Waals surface area contributed by atoms with E-state index in [1.54, 1.807) is 50.2 Å². The Morgan fingerprint density at radius 3 is 2.47 bits per heavy atom. The molecule has 4 heteroatoms. The lowest BCUT2D eigenvalue weighted by atomic mass is 9.97. The molecule has 2 aromatic rings. The second-order valence-corrected chi connectivity index (χ2v) is 5.18. The van der Waals surface area contributed by atoms with Gasteiger partial charge in [0.05, 0.1) is 10.7 Å². The van der Waals surface area contributed by atoms with E-state index in [4.69, 9.17) is 22.1 Å². The molecule has 0 spiro atoms. The molecule has 0 bridgehead atoms. The number of benzene rings is 2. The molecule has 0 unspecified atom stereocenters. The molecule has 0 aliphatic carbocycles. The molecule has 2 nitrogen and oxygen atoms in total. The minimum Gasteiger partial charge on any atom is -0.483 e. The summed E-state index contributed by atoms with van der Waals surface area (Å²) in [6.07, 6.45) is 0. The Hall–Kier alpha value is -1.74. The molecule has 0 atom stereocenters. The fraction of sp³-hybridized carbons (Fsp3) is 0.200. The molecule has 0 heterocycles. The van der Waals surface area contributed by atoms with Gasteiger partial charge in [0.1, 0.15) is 17.2 Å². The summed E-state index contributed by atoms with van der Waals surface area (Å²) >= 11 is 5.85. The highest BCUT2D eigenvalue weighted by Crippen LogP contribution is 2.32. The van der Waals surface area contributed by atoms with E-state index in [9.17, 15) is 4.39 Å². The molecule has 0 aromatic heterocycles. The first-order valence-electron chi connectivity index (χ1n) is 5.89. The van der Waals surface area contributed by atoms with Crippen molar-refractivity contribution in [2.24, 2.45) is 0 Å². The topological polar surface area (TPSA) is 35.2 Å². The van der Waals surface area contributed by atoms with Crippen LogP contribution < -0.4 is 10.5 Å². The number of rotatable bonds is 3. The molecule has 0 radical (unpaired) electrons. The van der Waals surface area contributed by atoms with E-state index in [-0.39, 0.29) is 5.82 Å². The Bertz CT molecular complexity index is 598. The monoisotopic (exact) mass is 279 g/mol. The van der Waals surface area contributed by atoms with E-state index in [0.717, 1.165) is 0 Å². The predicted molar refractivity (Wildman–Crippen MR) is 75.9 cm³/mol. The van der Waals surface area contributed by atoms with Gasteiger partial charge in [-0.15, -0.1) is 0 Å². The lowest BCUT2D eigenvalue weighted by Gasteiger charge is -2.27. The molecule has 2 N–H and O–H groups in total. The Labute approximate surface area is 117 Å². The first kappa shape index (κ1) is 13.7. The summed E-state index contributed by atoms with van der Waals surface area (Å²) in [5, 5.41) is 0.469. The van der Waals surface area contributed by atoms with Crippen molar-refractivity contribution in [3.63, 3.8) is 0 Å². The van der Waals surface area contributed by atoms with Gasteiger partial charge in [0.25, 0.3) is 0 Å². The van der Waals surface area contributed by atoms with Gasteiger partial charge < -0.3 is 10.5 Å². The normalized spacial score (nSPS) is 11.4. The zero-order chi connectivity index (χ0) is 14.0. The number of hydrogen-bond donors (Lipinski definition) is 1. The molecule has 100 valence electrons. The predicted octanol–water partition coefficient (Wildman–Crippen LogP) is 4.38. The molecule has 0 aliphatic heterocycles. The average Bonchev–Trinajstić information content (AvgIpc) is 2.34. The van der Waals surface area contributed by atoms with Crippen molar-refractivity contribution in [3.05, 3.63) is 58.9 Å². The van der Waals surface area contributed by atoms with Gasteiger partial charge in [-0.3, -0.25) is 0 Å². The second-order valence-electron chi connectivity index (χ2n) is 4.78. The van der Waals surface area contributed by atoms with Crippen molar-refractivity contribution in [2.45, 2.75) is 19.4 Å². The van der Waals surface area contributed by atoms with Crippen LogP contribution in [0, 0.1) is 5.82 Å². The zero-order valence-corrected chi connectivity index (χ0v) is 11.5. The van der Waals surface area contributed by atoms with Crippen molar-refractivity contribution in [2.75, 3.05) is 5.73 Å². The summed E-state index contributed by atoms with van der Waals surface area (Å²) in [6.45, 7) is 3.60. The van der Waals surface area contributed by atoms with Gasteiger partial charge >= 0.3 is 0 Å². The Morgan fingerprint density at radius 2 is 1.84 bits per heavy atom. The number of nitrogens with two attached hydrogens (primary N) is 1. The second kappa shape index (κ2) is 5.10. The molecule has 0 saturated carbocycles. The summed E-state index contributed by atoms with van der Waals surface area (Å²) in [7, 11) is 0. The van der Waals surface area contributed by atoms with Crippen LogP contribution in [-0.4, -0.2) is 0 Å². The quantitative estimate of drug-likeness (QED) is 0.847. The summed E-state index contributed by atoms with van der Waals surface area (Å²) in [6, 6.07) is 11.5. The maximum atomic E-state index is 13.8. The molecule has 2 aromatic carbocycles. The van der Waals surface area contributed by atoms with Crippen LogP contribution in [0.1, 0.15) is 19.4 Å². The van der Waals surface area contributed by atoms with Gasteiger partial charge in [-0.2, -0.15) is 0 Å². The van der Waals surface area contributed by atoms with Crippen LogP contribution in [0.25, 0.3) is 0 Å². The summed E-state index contributed by atoms with van der Waals surface area (Å²) in [5.74, 6) is 0.254. The maximum Gasteiger partial charge on any atom is 0.131 e. The number of halogens is 2. The first-order valence-corrected chi connectivity index (χ1v) is 6.27. The molecule has 0 fully saturated rings. The Morgan fingerprint density at radius 1 is 1.16 bits per heavy atom. The summed E-state index contributed by atoms with van der Waals surface area (Å²) in [4.78, 5) is 0. The lowest BCUT2D eigenvalue weighted by molar-refractivity contribution is 0.104. The van der Waals surface area contributed by atoms with Gasteiger partial charge in [0.15, 0.2) is 0 Å². The van der Waals surface area contributed by atoms with Crippen molar-refractivity contribution in [3.8, 4) is 5.75 Å².